The Kier molecular flexibility index (Phi) is 2.06. The zero-order valence-electron chi connectivity index (χ0n) is 8.02. The average molecular weight is 202 g/mol. The van der Waals surface area contributed by atoms with Gasteiger partial charge in [-0.1, -0.05) is 0 Å². The Morgan fingerprint density at radius 2 is 2.07 bits per heavy atom. The molecule has 1 aliphatic carbocycles. The second-order valence-electron chi connectivity index (χ2n) is 4.18. The highest BCUT2D eigenvalue weighted by Gasteiger charge is 2.66. The van der Waals surface area contributed by atoms with Gasteiger partial charge < -0.3 is 19.7 Å². The van der Waals surface area contributed by atoms with Crippen LogP contribution in [0.2, 0.25) is 0 Å². The van der Waals surface area contributed by atoms with Gasteiger partial charge in [-0.3, -0.25) is 4.79 Å². The lowest BCUT2D eigenvalue weighted by molar-refractivity contribution is -0.277. The summed E-state index contributed by atoms with van der Waals surface area (Å²) in [5.74, 6) is -0.948. The predicted octanol–water partition coefficient (Wildman–Crippen LogP) is -0.373. The van der Waals surface area contributed by atoms with Crippen LogP contribution < -0.4 is 0 Å². The molecular formula is C9H14O5. The summed E-state index contributed by atoms with van der Waals surface area (Å²) in [5.41, 5.74) is -2.24. The van der Waals surface area contributed by atoms with E-state index in [1.54, 1.807) is 7.11 Å². The number of carbonyl (C=O) groups is 1. The van der Waals surface area contributed by atoms with E-state index in [0.717, 1.165) is 0 Å². The Balaban J connectivity index is 2.14. The van der Waals surface area contributed by atoms with Crippen LogP contribution in [-0.2, 0) is 14.3 Å². The first-order valence-electron chi connectivity index (χ1n) is 4.60. The van der Waals surface area contributed by atoms with Crippen molar-refractivity contribution >= 4 is 5.97 Å². The van der Waals surface area contributed by atoms with Gasteiger partial charge in [0.15, 0.2) is 0 Å². The third kappa shape index (κ3) is 1.03. The molecule has 0 radical (unpaired) electrons. The smallest absolute Gasteiger partial charge is 0.312 e. The number of hydrogen-bond acceptors (Lipinski definition) is 4. The summed E-state index contributed by atoms with van der Waals surface area (Å²) in [6.07, 6.45) is 0.702. The third-order valence-electron chi connectivity index (χ3n) is 3.47. The lowest BCUT2D eigenvalue weighted by Gasteiger charge is -2.56. The minimum atomic E-state index is -1.19. The van der Waals surface area contributed by atoms with E-state index in [9.17, 15) is 9.90 Å². The molecule has 1 aliphatic heterocycles. The van der Waals surface area contributed by atoms with E-state index in [2.05, 4.69) is 0 Å². The highest BCUT2D eigenvalue weighted by molar-refractivity contribution is 5.78. The lowest BCUT2D eigenvalue weighted by atomic mass is 9.56. The van der Waals surface area contributed by atoms with Crippen molar-refractivity contribution in [1.82, 2.24) is 0 Å². The van der Waals surface area contributed by atoms with Gasteiger partial charge in [-0.15, -0.1) is 0 Å². The fraction of sp³-hybridized carbons (Fsp3) is 0.889. The first kappa shape index (κ1) is 9.89. The van der Waals surface area contributed by atoms with Crippen LogP contribution in [-0.4, -0.2) is 48.2 Å². The van der Waals surface area contributed by atoms with E-state index in [1.807, 2.05) is 0 Å². The molecule has 0 aromatic rings. The lowest BCUT2D eigenvalue weighted by Crippen LogP contribution is -2.70. The zero-order valence-corrected chi connectivity index (χ0v) is 8.02. The largest absolute Gasteiger partial charge is 0.481 e. The van der Waals surface area contributed by atoms with Crippen molar-refractivity contribution in [3.8, 4) is 0 Å². The first-order valence-corrected chi connectivity index (χ1v) is 4.60. The normalized spacial score (nSPS) is 39.7. The number of ether oxygens (including phenoxy) is 2. The Morgan fingerprint density at radius 3 is 2.36 bits per heavy atom. The van der Waals surface area contributed by atoms with Crippen molar-refractivity contribution in [2.75, 3.05) is 20.3 Å². The van der Waals surface area contributed by atoms with Crippen molar-refractivity contribution in [2.45, 2.75) is 24.5 Å². The van der Waals surface area contributed by atoms with E-state index < -0.39 is 17.0 Å². The van der Waals surface area contributed by atoms with Crippen molar-refractivity contribution in [2.24, 2.45) is 5.41 Å². The van der Waals surface area contributed by atoms with Crippen LogP contribution in [0, 0.1) is 5.41 Å². The number of carboxylic acids is 1. The second-order valence-corrected chi connectivity index (χ2v) is 4.18. The van der Waals surface area contributed by atoms with Crippen LogP contribution in [0.4, 0.5) is 0 Å². The van der Waals surface area contributed by atoms with Crippen molar-refractivity contribution in [3.63, 3.8) is 0 Å². The van der Waals surface area contributed by atoms with Crippen LogP contribution in [0.3, 0.4) is 0 Å². The number of carboxylic acid groups (broad SMARTS) is 1. The van der Waals surface area contributed by atoms with Gasteiger partial charge in [0, 0.05) is 7.11 Å². The molecule has 0 bridgehead atoms. The average Bonchev–Trinajstić information content (AvgIpc) is 1.99. The van der Waals surface area contributed by atoms with Crippen molar-refractivity contribution in [3.05, 3.63) is 0 Å². The van der Waals surface area contributed by atoms with Crippen LogP contribution >= 0.6 is 0 Å². The molecule has 2 aliphatic rings. The highest BCUT2D eigenvalue weighted by atomic mass is 16.5. The predicted molar refractivity (Wildman–Crippen MR) is 45.9 cm³/mol. The van der Waals surface area contributed by atoms with E-state index in [1.165, 1.54) is 0 Å². The Morgan fingerprint density at radius 1 is 1.50 bits per heavy atom. The van der Waals surface area contributed by atoms with Crippen molar-refractivity contribution < 1.29 is 24.5 Å². The zero-order chi connectivity index (χ0) is 10.4. The number of aliphatic carboxylic acids is 1. The summed E-state index contributed by atoms with van der Waals surface area (Å²) >= 11 is 0. The monoisotopic (exact) mass is 202 g/mol. The number of aliphatic hydroxyl groups is 1. The van der Waals surface area contributed by atoms with E-state index in [-0.39, 0.29) is 19.3 Å². The number of rotatable bonds is 3. The van der Waals surface area contributed by atoms with Crippen LogP contribution in [0.25, 0.3) is 0 Å². The maximum absolute atomic E-state index is 11.1. The van der Waals surface area contributed by atoms with Gasteiger partial charge >= 0.3 is 5.97 Å². The van der Waals surface area contributed by atoms with Crippen LogP contribution in [0.15, 0.2) is 0 Å². The molecular weight excluding hydrogens is 188 g/mol. The topological polar surface area (TPSA) is 76.0 Å². The molecule has 0 unspecified atom stereocenters. The summed E-state index contributed by atoms with van der Waals surface area (Å²) < 4.78 is 9.92. The van der Waals surface area contributed by atoms with Gasteiger partial charge in [0.25, 0.3) is 0 Å². The molecule has 1 heterocycles. The van der Waals surface area contributed by atoms with Gasteiger partial charge in [-0.2, -0.15) is 0 Å². The summed E-state index contributed by atoms with van der Waals surface area (Å²) in [6.45, 7) is 0.242. The maximum Gasteiger partial charge on any atom is 0.312 e. The fourth-order valence-corrected chi connectivity index (χ4v) is 2.21. The quantitative estimate of drug-likeness (QED) is 0.653. The van der Waals surface area contributed by atoms with Gasteiger partial charge in [0.1, 0.15) is 11.0 Å². The second kappa shape index (κ2) is 2.92. The van der Waals surface area contributed by atoms with Gasteiger partial charge in [0.05, 0.1) is 19.3 Å². The molecule has 0 spiro atoms. The Bertz CT molecular complexity index is 252. The molecule has 2 rings (SSSR count). The molecule has 5 heteroatoms. The van der Waals surface area contributed by atoms with Crippen molar-refractivity contribution in [1.29, 1.82) is 0 Å². The summed E-state index contributed by atoms with van der Waals surface area (Å²) in [6, 6.07) is 0. The molecule has 80 valence electrons. The number of hydrogen-bond donors (Lipinski definition) is 2. The third-order valence-corrected chi connectivity index (χ3v) is 3.47. The molecule has 1 saturated heterocycles. The first-order chi connectivity index (χ1) is 6.54. The molecule has 2 fully saturated rings. The molecule has 2 N–H and O–H groups in total. The SMILES string of the molecule is COC1CC(C(=O)O)(C2(O)COC2)C1. The summed E-state index contributed by atoms with van der Waals surface area (Å²) in [5, 5.41) is 19.1. The molecule has 5 nitrogen and oxygen atoms in total. The van der Waals surface area contributed by atoms with Gasteiger partial charge in [-0.25, -0.2) is 0 Å². The summed E-state index contributed by atoms with van der Waals surface area (Å²) in [7, 11) is 1.55. The minimum absolute atomic E-state index is 0.0456. The Hall–Kier alpha value is -0.650. The van der Waals surface area contributed by atoms with Gasteiger partial charge in [-0.05, 0) is 12.8 Å². The molecule has 0 atom stereocenters. The van der Waals surface area contributed by atoms with E-state index in [0.29, 0.717) is 12.8 Å². The van der Waals surface area contributed by atoms with Gasteiger partial charge in [0.2, 0.25) is 0 Å². The maximum atomic E-state index is 11.1. The molecule has 0 aromatic heterocycles. The van der Waals surface area contributed by atoms with Crippen LogP contribution in [0.5, 0.6) is 0 Å². The fourth-order valence-electron chi connectivity index (χ4n) is 2.21. The molecule has 1 saturated carbocycles. The minimum Gasteiger partial charge on any atom is -0.481 e. The standard InChI is InChI=1S/C9H14O5/c1-13-6-2-8(3-6,7(10)11)9(12)4-14-5-9/h6,12H,2-5H2,1H3,(H,10,11). The molecule has 14 heavy (non-hydrogen) atoms. The Labute approximate surface area is 81.6 Å². The highest BCUT2D eigenvalue weighted by Crippen LogP contribution is 2.53. The van der Waals surface area contributed by atoms with E-state index >= 15 is 0 Å². The van der Waals surface area contributed by atoms with E-state index in [4.69, 9.17) is 14.6 Å². The molecule has 0 amide bonds. The molecule has 0 aromatic carbocycles. The number of methoxy groups -OCH3 is 1. The summed E-state index contributed by atoms with van der Waals surface area (Å²) in [4.78, 5) is 11.1. The van der Waals surface area contributed by atoms with Crippen LogP contribution in [0.1, 0.15) is 12.8 Å².